The summed E-state index contributed by atoms with van der Waals surface area (Å²) in [6.45, 7) is 6.70. The maximum atomic E-state index is 14.0. The van der Waals surface area contributed by atoms with Gasteiger partial charge in [-0.15, -0.1) is 0 Å². The zero-order chi connectivity index (χ0) is 20.5. The van der Waals surface area contributed by atoms with Gasteiger partial charge in [0.25, 0.3) is 0 Å². The first kappa shape index (κ1) is 21.6. The second-order valence-corrected chi connectivity index (χ2v) is 7.41. The molecule has 2 aromatic carbocycles. The fourth-order valence-electron chi connectivity index (χ4n) is 2.93. The summed E-state index contributed by atoms with van der Waals surface area (Å²) in [6, 6.07) is 15.4. The molecule has 1 atom stereocenters. The highest BCUT2D eigenvalue weighted by Gasteiger charge is 2.26. The molecule has 2 amide bonds. The zero-order valence-electron chi connectivity index (χ0n) is 16.8. The van der Waals surface area contributed by atoms with Crippen LogP contribution in [0.4, 0.5) is 4.39 Å². The Kier molecular flexibility index (Phi) is 8.18. The van der Waals surface area contributed by atoms with Gasteiger partial charge in [-0.2, -0.15) is 0 Å². The Morgan fingerprint density at radius 3 is 2.29 bits per heavy atom. The van der Waals surface area contributed by atoms with Gasteiger partial charge in [0.2, 0.25) is 11.8 Å². The van der Waals surface area contributed by atoms with Crippen molar-refractivity contribution in [3.63, 3.8) is 0 Å². The Morgan fingerprint density at radius 1 is 1.00 bits per heavy atom. The molecule has 5 heteroatoms. The van der Waals surface area contributed by atoms with Gasteiger partial charge < -0.3 is 10.2 Å². The standard InChI is InChI=1S/C23H29FN2O2/c1-17(2)16-25-23(28)18(3)26(14-13-19-9-5-4-6-10-19)22(27)15-20-11-7-8-12-21(20)24/h4-12,17-18H,13-16H2,1-3H3,(H,25,28). The second-order valence-electron chi connectivity index (χ2n) is 7.41. The molecule has 1 N–H and O–H groups in total. The molecular formula is C23H29FN2O2. The van der Waals surface area contributed by atoms with Crippen molar-refractivity contribution in [2.45, 2.75) is 39.7 Å². The molecule has 0 aliphatic heterocycles. The predicted molar refractivity (Wildman–Crippen MR) is 109 cm³/mol. The number of nitrogens with one attached hydrogen (secondary N) is 1. The lowest BCUT2D eigenvalue weighted by Crippen LogP contribution is -2.49. The maximum Gasteiger partial charge on any atom is 0.242 e. The molecule has 2 aromatic rings. The van der Waals surface area contributed by atoms with Crippen LogP contribution in [0.3, 0.4) is 0 Å². The lowest BCUT2D eigenvalue weighted by Gasteiger charge is -2.29. The number of carbonyl (C=O) groups is 2. The van der Waals surface area contributed by atoms with Crippen LogP contribution in [0.15, 0.2) is 54.6 Å². The largest absolute Gasteiger partial charge is 0.354 e. The second kappa shape index (κ2) is 10.6. The van der Waals surface area contributed by atoms with Crippen LogP contribution in [-0.4, -0.2) is 35.8 Å². The van der Waals surface area contributed by atoms with Crippen molar-refractivity contribution >= 4 is 11.8 Å². The molecule has 150 valence electrons. The van der Waals surface area contributed by atoms with Crippen LogP contribution in [0.5, 0.6) is 0 Å². The van der Waals surface area contributed by atoms with Crippen molar-refractivity contribution < 1.29 is 14.0 Å². The first-order valence-corrected chi connectivity index (χ1v) is 9.73. The average Bonchev–Trinajstić information content (AvgIpc) is 2.68. The van der Waals surface area contributed by atoms with E-state index >= 15 is 0 Å². The van der Waals surface area contributed by atoms with Crippen molar-refractivity contribution in [1.29, 1.82) is 0 Å². The molecule has 0 spiro atoms. The van der Waals surface area contributed by atoms with E-state index in [9.17, 15) is 14.0 Å². The number of nitrogens with zero attached hydrogens (tertiary/aromatic N) is 1. The highest BCUT2D eigenvalue weighted by atomic mass is 19.1. The lowest BCUT2D eigenvalue weighted by molar-refractivity contribution is -0.139. The maximum absolute atomic E-state index is 14.0. The van der Waals surface area contributed by atoms with Crippen LogP contribution in [-0.2, 0) is 22.4 Å². The predicted octanol–water partition coefficient (Wildman–Crippen LogP) is 3.60. The van der Waals surface area contributed by atoms with Crippen LogP contribution in [0.25, 0.3) is 0 Å². The van der Waals surface area contributed by atoms with Crippen molar-refractivity contribution in [3.05, 3.63) is 71.5 Å². The van der Waals surface area contributed by atoms with Gasteiger partial charge in [0.1, 0.15) is 11.9 Å². The summed E-state index contributed by atoms with van der Waals surface area (Å²) in [6.07, 6.45) is 0.564. The monoisotopic (exact) mass is 384 g/mol. The normalized spacial score (nSPS) is 11.9. The molecule has 0 bridgehead atoms. The SMILES string of the molecule is CC(C)CNC(=O)C(C)N(CCc1ccccc1)C(=O)Cc1ccccc1F. The molecule has 0 fully saturated rings. The van der Waals surface area contributed by atoms with Gasteiger partial charge in [-0.25, -0.2) is 4.39 Å². The minimum Gasteiger partial charge on any atom is -0.354 e. The van der Waals surface area contributed by atoms with E-state index in [4.69, 9.17) is 0 Å². The van der Waals surface area contributed by atoms with Crippen molar-refractivity contribution in [2.24, 2.45) is 5.92 Å². The van der Waals surface area contributed by atoms with Crippen LogP contribution < -0.4 is 5.32 Å². The van der Waals surface area contributed by atoms with E-state index in [0.29, 0.717) is 31.0 Å². The molecular weight excluding hydrogens is 355 g/mol. The highest BCUT2D eigenvalue weighted by Crippen LogP contribution is 2.12. The van der Waals surface area contributed by atoms with E-state index in [1.165, 1.54) is 6.07 Å². The minimum absolute atomic E-state index is 0.0662. The van der Waals surface area contributed by atoms with Gasteiger partial charge in [-0.1, -0.05) is 62.4 Å². The Morgan fingerprint density at radius 2 is 1.64 bits per heavy atom. The van der Waals surface area contributed by atoms with Gasteiger partial charge in [-0.05, 0) is 36.5 Å². The molecule has 1 unspecified atom stereocenters. The number of rotatable bonds is 9. The molecule has 4 nitrogen and oxygen atoms in total. The summed E-state index contributed by atoms with van der Waals surface area (Å²) in [4.78, 5) is 27.0. The van der Waals surface area contributed by atoms with Gasteiger partial charge in [0.15, 0.2) is 0 Å². The topological polar surface area (TPSA) is 49.4 Å². The van der Waals surface area contributed by atoms with Crippen LogP contribution in [0.1, 0.15) is 31.9 Å². The summed E-state index contributed by atoms with van der Waals surface area (Å²) in [7, 11) is 0. The number of amides is 2. The molecule has 0 heterocycles. The zero-order valence-corrected chi connectivity index (χ0v) is 16.8. The van der Waals surface area contributed by atoms with Crippen LogP contribution in [0, 0.1) is 11.7 Å². The van der Waals surface area contributed by atoms with E-state index < -0.39 is 11.9 Å². The quantitative estimate of drug-likeness (QED) is 0.718. The molecule has 0 radical (unpaired) electrons. The Bertz CT molecular complexity index is 777. The van der Waals surface area contributed by atoms with E-state index in [1.54, 1.807) is 30.0 Å². The van der Waals surface area contributed by atoms with E-state index in [-0.39, 0.29) is 18.2 Å². The smallest absolute Gasteiger partial charge is 0.242 e. The number of carbonyl (C=O) groups excluding carboxylic acids is 2. The lowest BCUT2D eigenvalue weighted by atomic mass is 10.1. The summed E-state index contributed by atoms with van der Waals surface area (Å²) < 4.78 is 14.0. The molecule has 0 saturated carbocycles. The number of hydrogen-bond donors (Lipinski definition) is 1. The van der Waals surface area contributed by atoms with Gasteiger partial charge in [0.05, 0.1) is 6.42 Å². The summed E-state index contributed by atoms with van der Waals surface area (Å²) in [5, 5.41) is 2.88. The summed E-state index contributed by atoms with van der Waals surface area (Å²) >= 11 is 0. The van der Waals surface area contributed by atoms with E-state index in [2.05, 4.69) is 5.32 Å². The third-order valence-corrected chi connectivity index (χ3v) is 4.64. The van der Waals surface area contributed by atoms with Crippen LogP contribution >= 0.6 is 0 Å². The molecule has 0 saturated heterocycles. The van der Waals surface area contributed by atoms with Crippen molar-refractivity contribution in [1.82, 2.24) is 10.2 Å². The Labute approximate surface area is 166 Å². The fraction of sp³-hybridized carbons (Fsp3) is 0.391. The van der Waals surface area contributed by atoms with Crippen molar-refractivity contribution in [3.8, 4) is 0 Å². The van der Waals surface area contributed by atoms with Crippen LogP contribution in [0.2, 0.25) is 0 Å². The van der Waals surface area contributed by atoms with E-state index in [0.717, 1.165) is 5.56 Å². The van der Waals surface area contributed by atoms with E-state index in [1.807, 2.05) is 44.2 Å². The third-order valence-electron chi connectivity index (χ3n) is 4.64. The molecule has 0 aliphatic rings. The molecule has 28 heavy (non-hydrogen) atoms. The van der Waals surface area contributed by atoms with Gasteiger partial charge in [-0.3, -0.25) is 9.59 Å². The Hall–Kier alpha value is -2.69. The number of benzene rings is 2. The van der Waals surface area contributed by atoms with Gasteiger partial charge >= 0.3 is 0 Å². The first-order valence-electron chi connectivity index (χ1n) is 9.73. The number of halogens is 1. The number of hydrogen-bond acceptors (Lipinski definition) is 2. The Balaban J connectivity index is 2.13. The fourth-order valence-corrected chi connectivity index (χ4v) is 2.93. The average molecular weight is 384 g/mol. The molecule has 2 rings (SSSR count). The minimum atomic E-state index is -0.623. The summed E-state index contributed by atoms with van der Waals surface area (Å²) in [5.41, 5.74) is 1.42. The molecule has 0 aromatic heterocycles. The highest BCUT2D eigenvalue weighted by molar-refractivity contribution is 5.88. The third kappa shape index (κ3) is 6.48. The van der Waals surface area contributed by atoms with Crippen molar-refractivity contribution in [2.75, 3.05) is 13.1 Å². The van der Waals surface area contributed by atoms with Gasteiger partial charge in [0, 0.05) is 13.1 Å². The summed E-state index contributed by atoms with van der Waals surface area (Å²) in [5.74, 6) is -0.532. The first-order chi connectivity index (χ1) is 13.4. The molecule has 0 aliphatic carbocycles.